The summed E-state index contributed by atoms with van der Waals surface area (Å²) in [5.41, 5.74) is 3.84. The van der Waals surface area contributed by atoms with Crippen LogP contribution in [0.15, 0.2) is 30.5 Å². The van der Waals surface area contributed by atoms with Gasteiger partial charge in [0.1, 0.15) is 11.0 Å². The van der Waals surface area contributed by atoms with Gasteiger partial charge in [0.05, 0.1) is 44.0 Å². The number of aromatic nitrogens is 6. The average molecular weight is 513 g/mol. The van der Waals surface area contributed by atoms with Crippen molar-refractivity contribution in [2.45, 2.75) is 50.7 Å². The highest BCUT2D eigenvalue weighted by atomic mass is 19.3. The van der Waals surface area contributed by atoms with E-state index in [0.29, 0.717) is 31.2 Å². The van der Waals surface area contributed by atoms with Gasteiger partial charge in [-0.3, -0.25) is 4.90 Å². The van der Waals surface area contributed by atoms with Crippen molar-refractivity contribution < 1.29 is 18.3 Å². The van der Waals surface area contributed by atoms with Crippen LogP contribution in [0, 0.1) is 0 Å². The lowest BCUT2D eigenvalue weighted by Crippen LogP contribution is -2.67. The number of likely N-dealkylation sites (tertiary alicyclic amines) is 1. The lowest BCUT2D eigenvalue weighted by Gasteiger charge is -2.51. The Balaban J connectivity index is 1.30. The number of ether oxygens (including phenoxy) is 2. The first kappa shape index (κ1) is 24.0. The third kappa shape index (κ3) is 3.98. The maximum Gasteiger partial charge on any atom is 0.280 e. The highest BCUT2D eigenvalue weighted by Gasteiger charge is 2.51. The van der Waals surface area contributed by atoms with Crippen LogP contribution in [0.25, 0.3) is 27.7 Å². The summed E-state index contributed by atoms with van der Waals surface area (Å²) in [7, 11) is 1.51. The van der Waals surface area contributed by atoms with E-state index in [-0.39, 0.29) is 30.5 Å². The van der Waals surface area contributed by atoms with Gasteiger partial charge in [-0.25, -0.2) is 18.0 Å². The van der Waals surface area contributed by atoms with Crippen LogP contribution in [0.1, 0.15) is 33.2 Å². The van der Waals surface area contributed by atoms with Gasteiger partial charge in [-0.15, -0.1) is 10.2 Å². The number of rotatable bonds is 6. The van der Waals surface area contributed by atoms with E-state index in [1.54, 1.807) is 10.7 Å². The van der Waals surface area contributed by atoms with E-state index in [9.17, 15) is 0 Å². The molecule has 10 nitrogen and oxygen atoms in total. The molecule has 0 amide bonds. The Bertz CT molecular complexity index is 1460. The molecule has 4 aromatic rings. The van der Waals surface area contributed by atoms with E-state index in [1.165, 1.54) is 7.11 Å². The third-order valence-corrected chi connectivity index (χ3v) is 7.44. The molecule has 37 heavy (non-hydrogen) atoms. The van der Waals surface area contributed by atoms with Crippen molar-refractivity contribution in [3.05, 3.63) is 30.5 Å². The molecule has 5 heterocycles. The molecular formula is C25H30F2N8O2. The van der Waals surface area contributed by atoms with Crippen molar-refractivity contribution in [1.82, 2.24) is 34.5 Å². The minimum Gasteiger partial charge on any atom is -0.479 e. The van der Waals surface area contributed by atoms with Crippen molar-refractivity contribution >= 4 is 22.5 Å². The lowest BCUT2D eigenvalue weighted by molar-refractivity contribution is -0.174. The molecule has 196 valence electrons. The van der Waals surface area contributed by atoms with Crippen LogP contribution >= 0.6 is 0 Å². The average Bonchev–Trinajstić information content (AvgIpc) is 3.47. The number of methoxy groups -OCH3 is 1. The molecular weight excluding hydrogens is 482 g/mol. The van der Waals surface area contributed by atoms with Crippen LogP contribution in [0.3, 0.4) is 0 Å². The van der Waals surface area contributed by atoms with Crippen molar-refractivity contribution in [2.75, 3.05) is 38.7 Å². The van der Waals surface area contributed by atoms with Gasteiger partial charge in [0.15, 0.2) is 0 Å². The normalized spacial score (nSPS) is 21.4. The van der Waals surface area contributed by atoms with E-state index in [2.05, 4.69) is 39.6 Å². The number of piperidine rings is 1. The smallest absolute Gasteiger partial charge is 0.280 e. The molecule has 1 aromatic carbocycles. The van der Waals surface area contributed by atoms with Gasteiger partial charge in [0.25, 0.3) is 5.92 Å². The maximum atomic E-state index is 15.2. The number of halogens is 2. The molecule has 1 atom stereocenters. The number of hydrogen-bond acceptors (Lipinski definition) is 8. The monoisotopic (exact) mass is 512 g/mol. The Morgan fingerprint density at radius 2 is 2.03 bits per heavy atom. The Labute approximate surface area is 212 Å². The van der Waals surface area contributed by atoms with Gasteiger partial charge in [0, 0.05) is 24.3 Å². The molecule has 6 rings (SSSR count). The number of benzene rings is 1. The third-order valence-electron chi connectivity index (χ3n) is 7.44. The first-order valence-electron chi connectivity index (χ1n) is 12.4. The first-order valence-corrected chi connectivity index (χ1v) is 12.4. The second kappa shape index (κ2) is 8.59. The van der Waals surface area contributed by atoms with Gasteiger partial charge in [-0.1, -0.05) is 11.3 Å². The fraction of sp³-hybridized carbons (Fsp3) is 0.520. The molecule has 0 saturated carbocycles. The second-order valence-corrected chi connectivity index (χ2v) is 10.5. The van der Waals surface area contributed by atoms with Crippen molar-refractivity contribution in [1.29, 1.82) is 0 Å². The Morgan fingerprint density at radius 3 is 2.70 bits per heavy atom. The molecule has 0 radical (unpaired) electrons. The van der Waals surface area contributed by atoms with Crippen molar-refractivity contribution in [3.63, 3.8) is 0 Å². The number of alkyl halides is 2. The highest BCUT2D eigenvalue weighted by molar-refractivity contribution is 5.89. The summed E-state index contributed by atoms with van der Waals surface area (Å²) < 4.78 is 44.7. The fourth-order valence-corrected chi connectivity index (χ4v) is 5.23. The topological polar surface area (TPSA) is 94.6 Å². The number of hydrogen-bond donors (Lipinski definition) is 1. The molecule has 2 saturated heterocycles. The maximum absolute atomic E-state index is 15.2. The predicted molar refractivity (Wildman–Crippen MR) is 134 cm³/mol. The molecule has 0 unspecified atom stereocenters. The zero-order chi connectivity index (χ0) is 25.9. The van der Waals surface area contributed by atoms with Gasteiger partial charge >= 0.3 is 0 Å². The zero-order valence-corrected chi connectivity index (χ0v) is 21.3. The van der Waals surface area contributed by atoms with E-state index in [1.807, 2.05) is 40.8 Å². The number of nitrogens with zero attached hydrogens (tertiary/aromatic N) is 7. The minimum atomic E-state index is -2.95. The van der Waals surface area contributed by atoms with Gasteiger partial charge < -0.3 is 14.8 Å². The molecule has 12 heteroatoms. The minimum absolute atomic E-state index is 0.0975. The van der Waals surface area contributed by atoms with E-state index in [4.69, 9.17) is 9.47 Å². The van der Waals surface area contributed by atoms with E-state index in [0.717, 1.165) is 22.2 Å². The highest BCUT2D eigenvalue weighted by Crippen LogP contribution is 2.37. The number of anilines is 1. The summed E-state index contributed by atoms with van der Waals surface area (Å²) in [5.74, 6) is -2.55. The molecule has 2 aliphatic rings. The first-order chi connectivity index (χ1) is 17.7. The van der Waals surface area contributed by atoms with E-state index >= 15 is 8.78 Å². The summed E-state index contributed by atoms with van der Waals surface area (Å²) in [5, 5.41) is 15.9. The molecule has 0 bridgehead atoms. The second-order valence-electron chi connectivity index (χ2n) is 10.5. The summed E-state index contributed by atoms with van der Waals surface area (Å²) >= 11 is 0. The fourth-order valence-electron chi connectivity index (χ4n) is 5.23. The van der Waals surface area contributed by atoms with E-state index < -0.39 is 12.0 Å². The summed E-state index contributed by atoms with van der Waals surface area (Å²) in [6, 6.07) is 6.90. The molecule has 0 aliphatic carbocycles. The Hall–Kier alpha value is -3.38. The summed E-state index contributed by atoms with van der Waals surface area (Å²) in [6.45, 7) is 7.25. The SMILES string of the molecule is COc1nc(N[C@@H]2CCN(C3(C)COC3)CC2(F)F)nn2ccc(-c3ccc4nnn(C(C)C)c4c3)c12. The van der Waals surface area contributed by atoms with Gasteiger partial charge in [-0.2, -0.15) is 4.98 Å². The molecule has 2 aliphatic heterocycles. The zero-order valence-electron chi connectivity index (χ0n) is 21.3. The standard InChI is InChI=1S/C25H30F2N8O2/c1-15(2)35-19-11-16(5-6-18(19)30-32-35)17-7-10-34-21(17)22(36-4)29-23(31-34)28-20-8-9-33(12-25(20,26)27)24(3)13-37-14-24/h5-7,10-11,15,20H,8-9,12-14H2,1-4H3,(H,28,31)/t20-/m1/s1. The lowest BCUT2D eigenvalue weighted by atomic mass is 9.91. The Kier molecular flexibility index (Phi) is 5.57. The van der Waals surface area contributed by atoms with Crippen LogP contribution in [-0.2, 0) is 4.74 Å². The Morgan fingerprint density at radius 1 is 1.22 bits per heavy atom. The quantitative estimate of drug-likeness (QED) is 0.419. The summed E-state index contributed by atoms with van der Waals surface area (Å²) in [6.07, 6.45) is 2.04. The largest absolute Gasteiger partial charge is 0.479 e. The summed E-state index contributed by atoms with van der Waals surface area (Å²) in [4.78, 5) is 6.30. The van der Waals surface area contributed by atoms with Crippen LogP contribution in [0.4, 0.5) is 14.7 Å². The molecule has 0 spiro atoms. The van der Waals surface area contributed by atoms with Crippen molar-refractivity contribution in [2.24, 2.45) is 0 Å². The van der Waals surface area contributed by atoms with Gasteiger partial charge in [0.2, 0.25) is 11.8 Å². The van der Waals surface area contributed by atoms with Crippen LogP contribution in [0.2, 0.25) is 0 Å². The number of fused-ring (bicyclic) bond motifs is 2. The number of nitrogens with one attached hydrogen (secondary N) is 1. The molecule has 1 N–H and O–H groups in total. The predicted octanol–water partition coefficient (Wildman–Crippen LogP) is 3.64. The van der Waals surface area contributed by atoms with Crippen LogP contribution < -0.4 is 10.1 Å². The van der Waals surface area contributed by atoms with Crippen LogP contribution in [0.5, 0.6) is 5.88 Å². The van der Waals surface area contributed by atoms with Crippen LogP contribution in [-0.4, -0.2) is 85.4 Å². The van der Waals surface area contributed by atoms with Crippen molar-refractivity contribution in [3.8, 4) is 17.0 Å². The molecule has 3 aromatic heterocycles. The van der Waals surface area contributed by atoms with Gasteiger partial charge in [-0.05, 0) is 51.0 Å². The molecule has 2 fully saturated rings.